The lowest BCUT2D eigenvalue weighted by Gasteiger charge is -2.04. The molecule has 0 bridgehead atoms. The van der Waals surface area contributed by atoms with Crippen LogP contribution in [0.1, 0.15) is 5.82 Å². The number of anilines is 1. The van der Waals surface area contributed by atoms with Gasteiger partial charge in [-0.25, -0.2) is 9.97 Å². The standard InChI is InChI=1S/C9H10N4OS2/c1-5-11-9(16-13-5)15-8-6(10)3-4-7(12-8)14-2/h3-4H,10H2,1-2H3. The summed E-state index contributed by atoms with van der Waals surface area (Å²) >= 11 is 2.73. The van der Waals surface area contributed by atoms with Crippen LogP contribution in [0.5, 0.6) is 5.88 Å². The molecule has 2 N–H and O–H groups in total. The van der Waals surface area contributed by atoms with Gasteiger partial charge in [0.05, 0.1) is 12.8 Å². The fourth-order valence-electron chi connectivity index (χ4n) is 1.03. The Hall–Kier alpha value is -1.34. The molecule has 84 valence electrons. The molecule has 0 aliphatic heterocycles. The van der Waals surface area contributed by atoms with Crippen LogP contribution in [0.3, 0.4) is 0 Å². The average molecular weight is 254 g/mol. The van der Waals surface area contributed by atoms with Gasteiger partial charge in [-0.2, -0.15) is 4.37 Å². The first-order valence-corrected chi connectivity index (χ1v) is 6.06. The number of rotatable bonds is 3. The molecule has 0 spiro atoms. The Morgan fingerprint density at radius 2 is 2.19 bits per heavy atom. The molecule has 0 aliphatic carbocycles. The second-order valence-corrected chi connectivity index (χ2v) is 4.95. The first-order chi connectivity index (χ1) is 7.69. The predicted molar refractivity (Wildman–Crippen MR) is 64.0 cm³/mol. The monoisotopic (exact) mass is 254 g/mol. The van der Waals surface area contributed by atoms with E-state index >= 15 is 0 Å². The maximum Gasteiger partial charge on any atom is 0.214 e. The number of ether oxygens (including phenoxy) is 1. The molecule has 0 radical (unpaired) electrons. The Balaban J connectivity index is 2.26. The minimum Gasteiger partial charge on any atom is -0.481 e. The van der Waals surface area contributed by atoms with E-state index in [0.717, 1.165) is 10.2 Å². The summed E-state index contributed by atoms with van der Waals surface area (Å²) in [5, 5.41) is 0.690. The van der Waals surface area contributed by atoms with Crippen molar-refractivity contribution >= 4 is 29.0 Å². The number of aromatic nitrogens is 3. The highest BCUT2D eigenvalue weighted by Crippen LogP contribution is 2.32. The second kappa shape index (κ2) is 4.67. The van der Waals surface area contributed by atoms with Gasteiger partial charge in [0, 0.05) is 6.07 Å². The zero-order valence-corrected chi connectivity index (χ0v) is 10.4. The van der Waals surface area contributed by atoms with Gasteiger partial charge >= 0.3 is 0 Å². The van der Waals surface area contributed by atoms with Crippen molar-refractivity contribution in [1.29, 1.82) is 0 Å². The zero-order valence-electron chi connectivity index (χ0n) is 8.80. The van der Waals surface area contributed by atoms with Crippen LogP contribution >= 0.6 is 23.3 Å². The summed E-state index contributed by atoms with van der Waals surface area (Å²) in [6, 6.07) is 3.49. The normalized spacial score (nSPS) is 10.4. The molecule has 7 heteroatoms. The summed E-state index contributed by atoms with van der Waals surface area (Å²) in [6.45, 7) is 1.85. The molecule has 2 aromatic heterocycles. The van der Waals surface area contributed by atoms with E-state index in [9.17, 15) is 0 Å². The van der Waals surface area contributed by atoms with Crippen molar-refractivity contribution in [2.45, 2.75) is 16.3 Å². The molecule has 0 unspecified atom stereocenters. The lowest BCUT2D eigenvalue weighted by Crippen LogP contribution is -1.94. The SMILES string of the molecule is COc1ccc(N)c(Sc2nc(C)ns2)n1. The van der Waals surface area contributed by atoms with Crippen molar-refractivity contribution < 1.29 is 4.74 Å². The number of methoxy groups -OCH3 is 1. The molecule has 0 fully saturated rings. The first-order valence-electron chi connectivity index (χ1n) is 4.47. The van der Waals surface area contributed by atoms with Gasteiger partial charge in [-0.1, -0.05) is 0 Å². The summed E-state index contributed by atoms with van der Waals surface area (Å²) in [5.41, 5.74) is 6.43. The number of nitrogens with zero attached hydrogens (tertiary/aromatic N) is 3. The van der Waals surface area contributed by atoms with Crippen LogP contribution in [-0.2, 0) is 0 Å². The largest absolute Gasteiger partial charge is 0.481 e. The lowest BCUT2D eigenvalue weighted by atomic mass is 10.4. The van der Waals surface area contributed by atoms with Crippen LogP contribution in [0.25, 0.3) is 0 Å². The Morgan fingerprint density at radius 1 is 1.38 bits per heavy atom. The molecule has 0 saturated carbocycles. The third-order valence-electron chi connectivity index (χ3n) is 1.77. The number of aryl methyl sites for hydroxylation is 1. The van der Waals surface area contributed by atoms with Crippen molar-refractivity contribution in [2.75, 3.05) is 12.8 Å². The van der Waals surface area contributed by atoms with Gasteiger partial charge < -0.3 is 10.5 Å². The van der Waals surface area contributed by atoms with Crippen LogP contribution in [0.2, 0.25) is 0 Å². The Kier molecular flexibility index (Phi) is 3.25. The van der Waals surface area contributed by atoms with Gasteiger partial charge in [-0.3, -0.25) is 0 Å². The number of hydrogen-bond donors (Lipinski definition) is 1. The van der Waals surface area contributed by atoms with Crippen molar-refractivity contribution in [3.63, 3.8) is 0 Å². The molecule has 0 atom stereocenters. The van der Waals surface area contributed by atoms with E-state index in [1.165, 1.54) is 23.3 Å². The van der Waals surface area contributed by atoms with Gasteiger partial charge in [-0.05, 0) is 36.3 Å². The van der Waals surface area contributed by atoms with Crippen LogP contribution in [0.15, 0.2) is 21.5 Å². The van der Waals surface area contributed by atoms with Crippen LogP contribution in [-0.4, -0.2) is 21.5 Å². The summed E-state index contributed by atoms with van der Waals surface area (Å²) in [4.78, 5) is 8.49. The van der Waals surface area contributed by atoms with Crippen molar-refractivity contribution in [2.24, 2.45) is 0 Å². The van der Waals surface area contributed by atoms with Gasteiger partial charge in [0.1, 0.15) is 10.9 Å². The molecule has 2 rings (SSSR count). The van der Waals surface area contributed by atoms with Crippen LogP contribution in [0, 0.1) is 6.92 Å². The topological polar surface area (TPSA) is 73.9 Å². The van der Waals surface area contributed by atoms with E-state index in [1.807, 2.05) is 6.92 Å². The van der Waals surface area contributed by atoms with Crippen molar-refractivity contribution in [3.05, 3.63) is 18.0 Å². The molecule has 2 heterocycles. The second-order valence-electron chi connectivity index (χ2n) is 2.96. The Bertz CT molecular complexity index is 500. The van der Waals surface area contributed by atoms with Crippen molar-refractivity contribution in [1.82, 2.24) is 14.3 Å². The van der Waals surface area contributed by atoms with Gasteiger partial charge in [0.15, 0.2) is 4.34 Å². The fraction of sp³-hybridized carbons (Fsp3) is 0.222. The molecule has 0 aliphatic rings. The van der Waals surface area contributed by atoms with Crippen LogP contribution < -0.4 is 10.5 Å². The number of hydrogen-bond acceptors (Lipinski definition) is 7. The predicted octanol–water partition coefficient (Wildman–Crippen LogP) is 1.98. The third kappa shape index (κ3) is 2.42. The smallest absolute Gasteiger partial charge is 0.214 e. The first kappa shape index (κ1) is 11.2. The average Bonchev–Trinajstić information content (AvgIpc) is 2.67. The molecular weight excluding hydrogens is 244 g/mol. The van der Waals surface area contributed by atoms with E-state index in [0.29, 0.717) is 16.6 Å². The van der Waals surface area contributed by atoms with Gasteiger partial charge in [-0.15, -0.1) is 0 Å². The molecule has 5 nitrogen and oxygen atoms in total. The summed E-state index contributed by atoms with van der Waals surface area (Å²) in [5.74, 6) is 1.30. The molecular formula is C9H10N4OS2. The highest BCUT2D eigenvalue weighted by Gasteiger charge is 2.09. The molecule has 2 aromatic rings. The van der Waals surface area contributed by atoms with E-state index < -0.39 is 0 Å². The van der Waals surface area contributed by atoms with Gasteiger partial charge in [0.2, 0.25) is 5.88 Å². The number of nitrogens with two attached hydrogens (primary N) is 1. The highest BCUT2D eigenvalue weighted by atomic mass is 32.2. The fourth-order valence-corrected chi connectivity index (χ4v) is 2.62. The van der Waals surface area contributed by atoms with E-state index in [-0.39, 0.29) is 0 Å². The third-order valence-corrected chi connectivity index (χ3v) is 3.63. The maximum atomic E-state index is 5.82. The minimum absolute atomic E-state index is 0.540. The molecule has 0 aromatic carbocycles. The van der Waals surface area contributed by atoms with E-state index in [1.54, 1.807) is 19.2 Å². The van der Waals surface area contributed by atoms with Crippen LogP contribution in [0.4, 0.5) is 5.69 Å². The maximum absolute atomic E-state index is 5.82. The van der Waals surface area contributed by atoms with Gasteiger partial charge in [0.25, 0.3) is 0 Å². The quantitative estimate of drug-likeness (QED) is 0.902. The molecule has 16 heavy (non-hydrogen) atoms. The minimum atomic E-state index is 0.540. The Morgan fingerprint density at radius 3 is 2.81 bits per heavy atom. The lowest BCUT2D eigenvalue weighted by molar-refractivity contribution is 0.395. The highest BCUT2D eigenvalue weighted by molar-refractivity contribution is 8.01. The van der Waals surface area contributed by atoms with Crippen molar-refractivity contribution in [3.8, 4) is 5.88 Å². The van der Waals surface area contributed by atoms with E-state index in [2.05, 4.69) is 14.3 Å². The molecule has 0 saturated heterocycles. The number of nitrogen functional groups attached to an aromatic ring is 1. The summed E-state index contributed by atoms with van der Waals surface area (Å²) in [6.07, 6.45) is 0. The summed E-state index contributed by atoms with van der Waals surface area (Å²) < 4.78 is 9.96. The van der Waals surface area contributed by atoms with E-state index in [4.69, 9.17) is 10.5 Å². The molecule has 0 amide bonds. The zero-order chi connectivity index (χ0) is 11.5. The summed E-state index contributed by atoms with van der Waals surface area (Å²) in [7, 11) is 1.57. The number of pyridine rings is 1. The Labute approximate surface area is 101 Å².